The molecule has 0 N–H and O–H groups in total. The molecule has 0 aliphatic heterocycles. The first kappa shape index (κ1) is 29.1. The van der Waals surface area contributed by atoms with Crippen molar-refractivity contribution in [2.75, 3.05) is 13.2 Å². The van der Waals surface area contributed by atoms with Gasteiger partial charge in [-0.1, -0.05) is 123 Å². The highest BCUT2D eigenvalue weighted by molar-refractivity contribution is 5.59. The summed E-state index contributed by atoms with van der Waals surface area (Å²) in [5, 5.41) is 0. The predicted octanol–water partition coefficient (Wildman–Crippen LogP) is 9.49. The lowest BCUT2D eigenvalue weighted by atomic mass is 9.87. The molecule has 2 atom stereocenters. The number of carbonyl (C=O) groups excluding carboxylic acids is 1. The van der Waals surface area contributed by atoms with Crippen LogP contribution >= 0.6 is 0 Å². The van der Waals surface area contributed by atoms with E-state index in [4.69, 9.17) is 9.47 Å². The number of aryl methyl sites for hydroxylation is 2. The van der Waals surface area contributed by atoms with E-state index < -0.39 is 6.16 Å². The molecule has 0 saturated heterocycles. The van der Waals surface area contributed by atoms with Gasteiger partial charge in [0, 0.05) is 11.8 Å². The molecule has 0 spiro atoms. The summed E-state index contributed by atoms with van der Waals surface area (Å²) in [6.07, 6.45) is 4.84. The van der Waals surface area contributed by atoms with Gasteiger partial charge in [0.2, 0.25) is 0 Å². The Kier molecular flexibility index (Phi) is 11.4. The molecule has 0 aliphatic carbocycles. The van der Waals surface area contributed by atoms with Crippen LogP contribution in [0.3, 0.4) is 0 Å². The van der Waals surface area contributed by atoms with Crippen LogP contribution in [0.5, 0.6) is 0 Å². The second-order valence-electron chi connectivity index (χ2n) is 10.3. The molecule has 0 amide bonds. The second-order valence-corrected chi connectivity index (χ2v) is 10.3. The highest BCUT2D eigenvalue weighted by Crippen LogP contribution is 2.31. The van der Waals surface area contributed by atoms with Crippen LogP contribution in [-0.4, -0.2) is 19.4 Å². The Morgan fingerprint density at radius 3 is 1.23 bits per heavy atom. The van der Waals surface area contributed by atoms with Crippen molar-refractivity contribution in [3.05, 3.63) is 143 Å². The van der Waals surface area contributed by atoms with Crippen molar-refractivity contribution in [2.45, 2.75) is 64.2 Å². The molecule has 208 valence electrons. The zero-order valence-corrected chi connectivity index (χ0v) is 23.9. The van der Waals surface area contributed by atoms with E-state index in [0.29, 0.717) is 13.2 Å². The molecule has 0 aliphatic rings. The molecule has 2 unspecified atom stereocenters. The van der Waals surface area contributed by atoms with Gasteiger partial charge in [-0.2, -0.15) is 0 Å². The first-order chi connectivity index (χ1) is 19.7. The number of hydrogen-bond donors (Lipinski definition) is 0. The van der Waals surface area contributed by atoms with E-state index in [2.05, 4.69) is 111 Å². The van der Waals surface area contributed by atoms with Crippen LogP contribution in [0.1, 0.15) is 84.7 Å². The van der Waals surface area contributed by atoms with Gasteiger partial charge in [-0.05, 0) is 71.9 Å². The molecule has 0 aromatic heterocycles. The van der Waals surface area contributed by atoms with Gasteiger partial charge in [-0.25, -0.2) is 4.79 Å². The first-order valence-electron chi connectivity index (χ1n) is 14.7. The summed E-state index contributed by atoms with van der Waals surface area (Å²) in [7, 11) is 0. The smallest absolute Gasteiger partial charge is 0.434 e. The topological polar surface area (TPSA) is 35.5 Å². The lowest BCUT2D eigenvalue weighted by Gasteiger charge is -2.19. The second kappa shape index (κ2) is 15.7. The van der Waals surface area contributed by atoms with Crippen LogP contribution in [0.2, 0.25) is 0 Å². The Labute approximate surface area is 240 Å². The number of hydrogen-bond acceptors (Lipinski definition) is 3. The van der Waals surface area contributed by atoms with Crippen LogP contribution in [0, 0.1) is 0 Å². The summed E-state index contributed by atoms with van der Waals surface area (Å²) >= 11 is 0. The summed E-state index contributed by atoms with van der Waals surface area (Å²) in [5.74, 6) is 0.543. The molecule has 4 rings (SSSR count). The Balaban J connectivity index is 1.23. The van der Waals surface area contributed by atoms with Crippen molar-refractivity contribution >= 4 is 6.16 Å². The van der Waals surface area contributed by atoms with Gasteiger partial charge in [-0.15, -0.1) is 0 Å². The fraction of sp³-hybridized carbons (Fsp3) is 0.324. The normalized spacial score (nSPS) is 12.4. The third kappa shape index (κ3) is 8.58. The lowest BCUT2D eigenvalue weighted by Crippen LogP contribution is -2.11. The fourth-order valence-corrected chi connectivity index (χ4v) is 5.32. The predicted molar refractivity (Wildman–Crippen MR) is 164 cm³/mol. The number of ether oxygens (including phenoxy) is 2. The quantitative estimate of drug-likeness (QED) is 0.119. The van der Waals surface area contributed by atoms with E-state index in [9.17, 15) is 4.79 Å². The van der Waals surface area contributed by atoms with E-state index in [1.165, 1.54) is 33.4 Å². The molecule has 40 heavy (non-hydrogen) atoms. The monoisotopic (exact) mass is 534 g/mol. The molecule has 0 saturated carbocycles. The van der Waals surface area contributed by atoms with E-state index in [0.717, 1.165) is 38.5 Å². The summed E-state index contributed by atoms with van der Waals surface area (Å²) in [6.45, 7) is 5.05. The average Bonchev–Trinajstić information content (AvgIpc) is 3.02. The Bertz CT molecular complexity index is 1160. The van der Waals surface area contributed by atoms with Crippen LogP contribution in [-0.2, 0) is 22.3 Å². The Hall–Kier alpha value is -3.85. The number of rotatable bonds is 14. The zero-order chi connectivity index (χ0) is 28.0. The van der Waals surface area contributed by atoms with Gasteiger partial charge in [-0.3, -0.25) is 0 Å². The zero-order valence-electron chi connectivity index (χ0n) is 23.9. The standard InChI is InChI=1S/C37H42O3/c1-3-29-19-23-33(24-20-29)35(31-13-7-5-8-14-31)17-11-27-39-37(38)40-28-12-18-36(32-15-9-6-10-16-32)34-25-21-30(4-2)22-26-34/h5-10,13-16,19-26,35-36H,3-4,11-12,17-18,27-28H2,1-2H3. The van der Waals surface area contributed by atoms with Crippen molar-refractivity contribution in [1.82, 2.24) is 0 Å². The highest BCUT2D eigenvalue weighted by Gasteiger charge is 2.16. The summed E-state index contributed by atoms with van der Waals surface area (Å²) < 4.78 is 10.9. The van der Waals surface area contributed by atoms with Crippen molar-refractivity contribution < 1.29 is 14.3 Å². The maximum atomic E-state index is 12.3. The van der Waals surface area contributed by atoms with E-state index in [-0.39, 0.29) is 11.8 Å². The van der Waals surface area contributed by atoms with E-state index >= 15 is 0 Å². The summed E-state index contributed by atoms with van der Waals surface area (Å²) in [6, 6.07) is 38.9. The molecule has 4 aromatic rings. The lowest BCUT2D eigenvalue weighted by molar-refractivity contribution is 0.0527. The fourth-order valence-electron chi connectivity index (χ4n) is 5.32. The average molecular weight is 535 g/mol. The molecular formula is C37H42O3. The van der Waals surface area contributed by atoms with Gasteiger partial charge in [0.25, 0.3) is 0 Å². The van der Waals surface area contributed by atoms with Crippen LogP contribution in [0.15, 0.2) is 109 Å². The maximum absolute atomic E-state index is 12.3. The minimum Gasteiger partial charge on any atom is -0.434 e. The highest BCUT2D eigenvalue weighted by atomic mass is 16.7. The van der Waals surface area contributed by atoms with Gasteiger partial charge < -0.3 is 9.47 Å². The Morgan fingerprint density at radius 2 is 0.875 bits per heavy atom. The van der Waals surface area contributed by atoms with Crippen molar-refractivity contribution in [1.29, 1.82) is 0 Å². The largest absolute Gasteiger partial charge is 0.508 e. The third-order valence-electron chi connectivity index (χ3n) is 7.70. The minimum absolute atomic E-state index is 0.271. The molecule has 4 aromatic carbocycles. The van der Waals surface area contributed by atoms with Gasteiger partial charge >= 0.3 is 6.16 Å². The van der Waals surface area contributed by atoms with Crippen molar-refractivity contribution in [2.24, 2.45) is 0 Å². The summed E-state index contributed by atoms with van der Waals surface area (Å²) in [4.78, 5) is 12.3. The molecule has 0 radical (unpaired) electrons. The van der Waals surface area contributed by atoms with Gasteiger partial charge in [0.1, 0.15) is 0 Å². The number of benzene rings is 4. The van der Waals surface area contributed by atoms with Crippen molar-refractivity contribution in [3.63, 3.8) is 0 Å². The molecule has 3 heteroatoms. The van der Waals surface area contributed by atoms with E-state index in [1.807, 2.05) is 12.1 Å². The molecule has 0 bridgehead atoms. The molecule has 3 nitrogen and oxygen atoms in total. The van der Waals surface area contributed by atoms with Gasteiger partial charge in [0.15, 0.2) is 0 Å². The van der Waals surface area contributed by atoms with Crippen LogP contribution in [0.25, 0.3) is 0 Å². The molecule has 0 fully saturated rings. The Morgan fingerprint density at radius 1 is 0.525 bits per heavy atom. The SMILES string of the molecule is CCc1ccc(C(CCCOC(=O)OCCCC(c2ccccc2)c2ccc(CC)cc2)c2ccccc2)cc1. The molecule has 0 heterocycles. The molecular weight excluding hydrogens is 492 g/mol. The third-order valence-corrected chi connectivity index (χ3v) is 7.70. The van der Waals surface area contributed by atoms with Gasteiger partial charge in [0.05, 0.1) is 13.2 Å². The van der Waals surface area contributed by atoms with E-state index in [1.54, 1.807) is 0 Å². The first-order valence-corrected chi connectivity index (χ1v) is 14.7. The van der Waals surface area contributed by atoms with Crippen LogP contribution < -0.4 is 0 Å². The minimum atomic E-state index is -0.577. The van der Waals surface area contributed by atoms with Crippen molar-refractivity contribution in [3.8, 4) is 0 Å². The maximum Gasteiger partial charge on any atom is 0.508 e. The summed E-state index contributed by atoms with van der Waals surface area (Å²) in [5.41, 5.74) is 7.84. The van der Waals surface area contributed by atoms with Crippen LogP contribution in [0.4, 0.5) is 4.79 Å². The number of carbonyl (C=O) groups is 1.